The number of halogens is 2. The second-order valence-corrected chi connectivity index (χ2v) is 3.54. The van der Waals surface area contributed by atoms with E-state index in [9.17, 15) is 18.9 Å². The Labute approximate surface area is 101 Å². The van der Waals surface area contributed by atoms with E-state index in [4.69, 9.17) is 5.11 Å². The monoisotopic (exact) mass is 262 g/mol. The maximum absolute atomic E-state index is 12.2. The first-order chi connectivity index (χ1) is 8.43. The van der Waals surface area contributed by atoms with Crippen molar-refractivity contribution >= 4 is 11.4 Å². The Balaban J connectivity index is 3.04. The minimum Gasteiger partial charge on any atom is -0.432 e. The van der Waals surface area contributed by atoms with E-state index in [0.29, 0.717) is 0 Å². The van der Waals surface area contributed by atoms with Crippen LogP contribution >= 0.6 is 0 Å². The zero-order valence-electron chi connectivity index (χ0n) is 9.47. The third-order valence-electron chi connectivity index (χ3n) is 2.07. The molecule has 2 N–H and O–H groups in total. The predicted octanol–water partition coefficient (Wildman–Crippen LogP) is 1.99. The molecule has 0 aromatic heterocycles. The zero-order valence-corrected chi connectivity index (χ0v) is 9.47. The van der Waals surface area contributed by atoms with Crippen LogP contribution in [0.15, 0.2) is 18.2 Å². The number of anilines is 1. The lowest BCUT2D eigenvalue weighted by atomic mass is 10.2. The Kier molecular flexibility index (Phi) is 4.78. The molecule has 1 rings (SSSR count). The highest BCUT2D eigenvalue weighted by molar-refractivity contribution is 5.61. The van der Waals surface area contributed by atoms with Crippen molar-refractivity contribution in [2.75, 3.05) is 11.9 Å². The van der Waals surface area contributed by atoms with E-state index in [-0.39, 0.29) is 23.7 Å². The molecule has 0 aliphatic rings. The Hall–Kier alpha value is -1.96. The van der Waals surface area contributed by atoms with Gasteiger partial charge in [-0.15, -0.1) is 0 Å². The van der Waals surface area contributed by atoms with Crippen LogP contribution < -0.4 is 10.1 Å². The maximum Gasteiger partial charge on any atom is 0.387 e. The summed E-state index contributed by atoms with van der Waals surface area (Å²) in [6.45, 7) is -1.68. The normalized spacial score (nSPS) is 12.3. The highest BCUT2D eigenvalue weighted by atomic mass is 19.3. The van der Waals surface area contributed by atoms with E-state index in [0.717, 1.165) is 12.1 Å². The summed E-state index contributed by atoms with van der Waals surface area (Å²) >= 11 is 0. The van der Waals surface area contributed by atoms with Gasteiger partial charge >= 0.3 is 6.61 Å². The number of aliphatic hydroxyl groups is 1. The van der Waals surface area contributed by atoms with Gasteiger partial charge in [-0.1, -0.05) is 0 Å². The second-order valence-electron chi connectivity index (χ2n) is 3.54. The van der Waals surface area contributed by atoms with E-state index in [1.54, 1.807) is 6.92 Å². The van der Waals surface area contributed by atoms with Gasteiger partial charge in [-0.05, 0) is 13.0 Å². The second kappa shape index (κ2) is 6.10. The number of alkyl halides is 2. The Bertz CT molecular complexity index is 428. The van der Waals surface area contributed by atoms with Crippen molar-refractivity contribution in [3.05, 3.63) is 28.3 Å². The number of nitro groups is 1. The van der Waals surface area contributed by atoms with Gasteiger partial charge in [0.25, 0.3) is 5.69 Å². The van der Waals surface area contributed by atoms with Gasteiger partial charge in [0, 0.05) is 12.1 Å². The number of nitrogens with one attached hydrogen (secondary N) is 1. The van der Waals surface area contributed by atoms with Crippen molar-refractivity contribution in [3.63, 3.8) is 0 Å². The fourth-order valence-electron chi connectivity index (χ4n) is 1.25. The van der Waals surface area contributed by atoms with E-state index in [1.807, 2.05) is 0 Å². The molecule has 0 aliphatic carbocycles. The molecule has 100 valence electrons. The number of nitrogens with zero attached hydrogens (tertiary/aromatic N) is 1. The summed E-state index contributed by atoms with van der Waals surface area (Å²) in [7, 11) is 0. The summed E-state index contributed by atoms with van der Waals surface area (Å²) in [6.07, 6.45) is 0. The van der Waals surface area contributed by atoms with Crippen LogP contribution in [0.2, 0.25) is 0 Å². The molecule has 0 amide bonds. The van der Waals surface area contributed by atoms with Crippen molar-refractivity contribution in [2.45, 2.75) is 19.6 Å². The van der Waals surface area contributed by atoms with Gasteiger partial charge in [-0.2, -0.15) is 8.78 Å². The van der Waals surface area contributed by atoms with Gasteiger partial charge in [-0.25, -0.2) is 0 Å². The smallest absolute Gasteiger partial charge is 0.387 e. The maximum atomic E-state index is 12.2. The average Bonchev–Trinajstić information content (AvgIpc) is 2.30. The SMILES string of the molecule is C[C@@H](CO)Nc1ccc([N+](=O)[O-])cc1OC(F)F. The highest BCUT2D eigenvalue weighted by Gasteiger charge is 2.16. The number of non-ortho nitro benzene ring substituents is 1. The third-order valence-corrected chi connectivity index (χ3v) is 2.07. The average molecular weight is 262 g/mol. The summed E-state index contributed by atoms with van der Waals surface area (Å²) in [4.78, 5) is 9.82. The number of nitro benzene ring substituents is 1. The minimum absolute atomic E-state index is 0.155. The molecule has 8 heteroatoms. The van der Waals surface area contributed by atoms with Gasteiger partial charge in [0.1, 0.15) is 0 Å². The molecule has 0 saturated heterocycles. The van der Waals surface area contributed by atoms with Crippen LogP contribution in [0.1, 0.15) is 6.92 Å². The molecule has 0 fully saturated rings. The number of hydrogen-bond acceptors (Lipinski definition) is 5. The van der Waals surface area contributed by atoms with Crippen molar-refractivity contribution < 1.29 is 23.5 Å². The van der Waals surface area contributed by atoms with Crippen molar-refractivity contribution in [1.82, 2.24) is 0 Å². The largest absolute Gasteiger partial charge is 0.432 e. The number of ether oxygens (including phenoxy) is 1. The molecule has 0 unspecified atom stereocenters. The molecular weight excluding hydrogens is 250 g/mol. The summed E-state index contributed by atoms with van der Waals surface area (Å²) in [5.41, 5.74) is -0.199. The minimum atomic E-state index is -3.09. The van der Waals surface area contributed by atoms with Crippen molar-refractivity contribution in [3.8, 4) is 5.75 Å². The first kappa shape index (κ1) is 14.1. The lowest BCUT2D eigenvalue weighted by Gasteiger charge is -2.16. The fourth-order valence-corrected chi connectivity index (χ4v) is 1.25. The molecule has 0 aliphatic heterocycles. The number of rotatable bonds is 6. The molecule has 0 spiro atoms. The first-order valence-corrected chi connectivity index (χ1v) is 5.04. The van der Waals surface area contributed by atoms with Crippen LogP contribution in [-0.2, 0) is 0 Å². The first-order valence-electron chi connectivity index (χ1n) is 5.04. The fraction of sp³-hybridized carbons (Fsp3) is 0.400. The lowest BCUT2D eigenvalue weighted by molar-refractivity contribution is -0.385. The zero-order chi connectivity index (χ0) is 13.7. The van der Waals surface area contributed by atoms with E-state index in [2.05, 4.69) is 10.1 Å². The van der Waals surface area contributed by atoms with Crippen LogP contribution in [0.25, 0.3) is 0 Å². The lowest BCUT2D eigenvalue weighted by Crippen LogP contribution is -2.20. The van der Waals surface area contributed by atoms with Crippen molar-refractivity contribution in [2.24, 2.45) is 0 Å². The molecule has 0 bridgehead atoms. The predicted molar refractivity (Wildman–Crippen MR) is 59.9 cm³/mol. The van der Waals surface area contributed by atoms with Crippen LogP contribution in [0, 0.1) is 10.1 Å². The third kappa shape index (κ3) is 3.81. The summed E-state index contributed by atoms with van der Waals surface area (Å²) < 4.78 is 28.6. The van der Waals surface area contributed by atoms with Gasteiger partial charge in [-0.3, -0.25) is 10.1 Å². The summed E-state index contributed by atoms with van der Waals surface area (Å²) in [5.74, 6) is -0.334. The topological polar surface area (TPSA) is 84.6 Å². The Morgan fingerprint density at radius 1 is 1.56 bits per heavy atom. The Morgan fingerprint density at radius 3 is 2.72 bits per heavy atom. The van der Waals surface area contributed by atoms with Gasteiger partial charge in [0.05, 0.1) is 23.3 Å². The quantitative estimate of drug-likeness (QED) is 0.605. The molecule has 0 saturated carbocycles. The number of benzene rings is 1. The number of aliphatic hydroxyl groups excluding tert-OH is 1. The Morgan fingerprint density at radius 2 is 2.22 bits per heavy atom. The van der Waals surface area contributed by atoms with Gasteiger partial charge in [0.2, 0.25) is 0 Å². The summed E-state index contributed by atoms with van der Waals surface area (Å²) in [6, 6.07) is 2.91. The van der Waals surface area contributed by atoms with Gasteiger partial charge < -0.3 is 15.2 Å². The van der Waals surface area contributed by atoms with E-state index >= 15 is 0 Å². The van der Waals surface area contributed by atoms with Crippen LogP contribution in [0.4, 0.5) is 20.2 Å². The number of hydrogen-bond donors (Lipinski definition) is 2. The van der Waals surface area contributed by atoms with Crippen LogP contribution in [0.5, 0.6) is 5.75 Å². The van der Waals surface area contributed by atoms with E-state index < -0.39 is 17.6 Å². The van der Waals surface area contributed by atoms with E-state index in [1.165, 1.54) is 6.07 Å². The molecule has 0 radical (unpaired) electrons. The standard InChI is InChI=1S/C10H12F2N2O4/c1-6(5-15)13-8-3-2-7(14(16)17)4-9(8)18-10(11)12/h2-4,6,10,13,15H,5H2,1H3/t6-/m0/s1. The van der Waals surface area contributed by atoms with Crippen LogP contribution in [0.3, 0.4) is 0 Å². The molecule has 1 aromatic rings. The van der Waals surface area contributed by atoms with Crippen LogP contribution in [-0.4, -0.2) is 29.3 Å². The molecule has 1 aromatic carbocycles. The summed E-state index contributed by atoms with van der Waals surface area (Å²) in [5, 5.41) is 22.1. The molecule has 0 heterocycles. The molecule has 1 atom stereocenters. The van der Waals surface area contributed by atoms with Crippen molar-refractivity contribution in [1.29, 1.82) is 0 Å². The van der Waals surface area contributed by atoms with Gasteiger partial charge in [0.15, 0.2) is 5.75 Å². The molecular formula is C10H12F2N2O4. The highest BCUT2D eigenvalue weighted by Crippen LogP contribution is 2.31. The molecule has 18 heavy (non-hydrogen) atoms. The molecule has 6 nitrogen and oxygen atoms in total.